The Kier molecular flexibility index (Phi) is 7.20. The Morgan fingerprint density at radius 3 is 2.66 bits per heavy atom. The highest BCUT2D eigenvalue weighted by atomic mass is 35.5. The summed E-state index contributed by atoms with van der Waals surface area (Å²) in [6, 6.07) is 6.05. The zero-order valence-electron chi connectivity index (χ0n) is 20.1. The molecule has 0 saturated heterocycles. The Morgan fingerprint density at radius 2 is 2.03 bits per heavy atom. The number of amides is 2. The number of hydrogen-bond acceptors (Lipinski definition) is 6. The summed E-state index contributed by atoms with van der Waals surface area (Å²) in [7, 11) is 3.55. The number of benzene rings is 1. The van der Waals surface area contributed by atoms with Gasteiger partial charge in [-0.2, -0.15) is 4.98 Å². The van der Waals surface area contributed by atoms with Gasteiger partial charge in [-0.25, -0.2) is 18.7 Å². The number of halogens is 1. The van der Waals surface area contributed by atoms with Crippen LogP contribution in [0.2, 0.25) is 5.02 Å². The predicted octanol–water partition coefficient (Wildman–Crippen LogP) is 3.04. The van der Waals surface area contributed by atoms with E-state index in [-0.39, 0.29) is 19.2 Å². The van der Waals surface area contributed by atoms with Crippen molar-refractivity contribution < 1.29 is 23.4 Å². The molecule has 0 bridgehead atoms. The Morgan fingerprint density at radius 1 is 1.29 bits per heavy atom. The number of rotatable bonds is 8. The van der Waals surface area contributed by atoms with Crippen molar-refractivity contribution in [1.82, 2.24) is 24.5 Å². The first-order valence-electron chi connectivity index (χ1n) is 11.3. The lowest BCUT2D eigenvalue weighted by atomic mass is 9.93. The van der Waals surface area contributed by atoms with E-state index in [2.05, 4.69) is 10.1 Å². The maximum Gasteiger partial charge on any atom is 0.338 e. The van der Waals surface area contributed by atoms with Crippen LogP contribution in [0.1, 0.15) is 37.2 Å². The largest absolute Gasteiger partial charge is 0.458 e. The molecule has 1 aliphatic rings. The molecule has 0 saturated carbocycles. The average molecular weight is 500 g/mol. The second kappa shape index (κ2) is 10.3. The van der Waals surface area contributed by atoms with Gasteiger partial charge in [-0.15, -0.1) is 0 Å². The Hall–Kier alpha value is -3.66. The van der Waals surface area contributed by atoms with Crippen LogP contribution in [0.3, 0.4) is 0 Å². The number of aromatic nitrogens is 4. The summed E-state index contributed by atoms with van der Waals surface area (Å²) in [5.41, 5.74) is 1.61. The molecule has 184 valence electrons. The number of urea groups is 1. The van der Waals surface area contributed by atoms with E-state index in [0.717, 1.165) is 5.56 Å². The van der Waals surface area contributed by atoms with Crippen LogP contribution in [0.25, 0.3) is 0 Å². The van der Waals surface area contributed by atoms with Crippen LogP contribution in [0.15, 0.2) is 58.8 Å². The molecule has 0 fully saturated rings. The molecule has 3 heterocycles. The summed E-state index contributed by atoms with van der Waals surface area (Å²) < 4.78 is 14.7. The van der Waals surface area contributed by atoms with Crippen LogP contribution in [0.5, 0.6) is 0 Å². The standard InChI is InChI=1S/C24H28ClN6O4/c1-5-20-26-19(27-35-20)14-31-22(17-6-8-18(25)9-7-17)21(16(2)29(4)24(31)33)23(32)34-13-12-30-11-10-28(3)15-30/h6-11,15,22H,5,12-14H2,1-4H3/q+1. The number of allylic oxidation sites excluding steroid dienone is 1. The molecule has 0 spiro atoms. The molecule has 1 aromatic carbocycles. The van der Waals surface area contributed by atoms with Gasteiger partial charge in [0, 0.05) is 24.2 Å². The molecule has 1 aliphatic heterocycles. The van der Waals surface area contributed by atoms with Gasteiger partial charge < -0.3 is 19.1 Å². The van der Waals surface area contributed by atoms with Crippen LogP contribution in [-0.4, -0.2) is 50.2 Å². The van der Waals surface area contributed by atoms with Gasteiger partial charge in [0.1, 0.15) is 25.5 Å². The van der Waals surface area contributed by atoms with Crippen molar-refractivity contribution >= 4 is 23.6 Å². The average Bonchev–Trinajstić information content (AvgIpc) is 3.48. The summed E-state index contributed by atoms with van der Waals surface area (Å²) in [6.45, 7) is 4.39. The minimum Gasteiger partial charge on any atom is -0.458 e. The highest BCUT2D eigenvalue weighted by Gasteiger charge is 2.41. The number of aryl methyl sites for hydroxylation is 2. The van der Waals surface area contributed by atoms with Crippen molar-refractivity contribution in [1.29, 1.82) is 0 Å². The van der Waals surface area contributed by atoms with Crippen molar-refractivity contribution in [3.63, 3.8) is 0 Å². The third-order valence-electron chi connectivity index (χ3n) is 5.95. The lowest BCUT2D eigenvalue weighted by molar-refractivity contribution is -0.671. The SMILES string of the molecule is CCc1nc(CN2C(=O)N(C)C(C)=C(C(=O)OCCn3cc[n+](C)c3)C2c2ccc(Cl)cc2)no1. The third kappa shape index (κ3) is 5.22. The van der Waals surface area contributed by atoms with Gasteiger partial charge >= 0.3 is 12.0 Å². The first-order chi connectivity index (χ1) is 16.8. The Labute approximate surface area is 208 Å². The summed E-state index contributed by atoms with van der Waals surface area (Å²) in [4.78, 5) is 34.1. The summed E-state index contributed by atoms with van der Waals surface area (Å²) in [6.07, 6.45) is 6.29. The van der Waals surface area contributed by atoms with Gasteiger partial charge in [-0.05, 0) is 24.6 Å². The number of hydrogen-bond donors (Lipinski definition) is 0. The minimum atomic E-state index is -0.712. The zero-order chi connectivity index (χ0) is 25.1. The summed E-state index contributed by atoms with van der Waals surface area (Å²) in [5.74, 6) is 0.339. The van der Waals surface area contributed by atoms with E-state index in [1.54, 1.807) is 43.1 Å². The van der Waals surface area contributed by atoms with E-state index in [0.29, 0.717) is 41.0 Å². The molecule has 4 rings (SSSR count). The van der Waals surface area contributed by atoms with Gasteiger partial charge in [0.2, 0.25) is 12.2 Å². The van der Waals surface area contributed by atoms with Crippen molar-refractivity contribution in [3.05, 3.63) is 76.6 Å². The van der Waals surface area contributed by atoms with E-state index in [4.69, 9.17) is 20.9 Å². The molecule has 11 heteroatoms. The van der Waals surface area contributed by atoms with Gasteiger partial charge in [0.15, 0.2) is 5.82 Å². The maximum absolute atomic E-state index is 13.4. The fourth-order valence-electron chi connectivity index (χ4n) is 4.00. The van der Waals surface area contributed by atoms with E-state index < -0.39 is 12.0 Å². The van der Waals surface area contributed by atoms with Crippen LogP contribution >= 0.6 is 11.6 Å². The minimum absolute atomic E-state index is 0.0594. The second-order valence-electron chi connectivity index (χ2n) is 8.33. The predicted molar refractivity (Wildman–Crippen MR) is 126 cm³/mol. The molecular weight excluding hydrogens is 472 g/mol. The van der Waals surface area contributed by atoms with Crippen LogP contribution < -0.4 is 4.57 Å². The van der Waals surface area contributed by atoms with E-state index in [9.17, 15) is 9.59 Å². The molecule has 2 amide bonds. The molecule has 3 aromatic rings. The Bertz CT molecular complexity index is 1250. The normalized spacial score (nSPS) is 16.3. The number of imidazole rings is 1. The molecule has 0 aliphatic carbocycles. The van der Waals surface area contributed by atoms with Gasteiger partial charge in [-0.3, -0.25) is 0 Å². The van der Waals surface area contributed by atoms with Crippen molar-refractivity contribution in [2.75, 3.05) is 13.7 Å². The van der Waals surface area contributed by atoms with Crippen molar-refractivity contribution in [2.45, 2.75) is 39.4 Å². The summed E-state index contributed by atoms with van der Waals surface area (Å²) in [5, 5.41) is 4.55. The lowest BCUT2D eigenvalue weighted by Gasteiger charge is -2.41. The first kappa shape index (κ1) is 24.5. The number of carbonyl (C=O) groups is 2. The van der Waals surface area contributed by atoms with Crippen molar-refractivity contribution in [3.8, 4) is 0 Å². The molecule has 35 heavy (non-hydrogen) atoms. The van der Waals surface area contributed by atoms with E-state index in [1.807, 2.05) is 41.8 Å². The highest BCUT2D eigenvalue weighted by Crippen LogP contribution is 2.38. The number of carbonyl (C=O) groups excluding carboxylic acids is 2. The van der Waals surface area contributed by atoms with Crippen LogP contribution in [-0.2, 0) is 36.1 Å². The van der Waals surface area contributed by atoms with E-state index >= 15 is 0 Å². The van der Waals surface area contributed by atoms with Gasteiger partial charge in [0.05, 0.1) is 25.2 Å². The monoisotopic (exact) mass is 499 g/mol. The maximum atomic E-state index is 13.4. The smallest absolute Gasteiger partial charge is 0.338 e. The molecule has 2 aromatic heterocycles. The van der Waals surface area contributed by atoms with Crippen LogP contribution in [0.4, 0.5) is 4.79 Å². The first-order valence-corrected chi connectivity index (χ1v) is 11.7. The number of nitrogens with zero attached hydrogens (tertiary/aromatic N) is 6. The topological polar surface area (TPSA) is 97.6 Å². The fraction of sp³-hybridized carbons (Fsp3) is 0.375. The molecule has 0 N–H and O–H groups in total. The molecule has 10 nitrogen and oxygen atoms in total. The van der Waals surface area contributed by atoms with Crippen LogP contribution in [0, 0.1) is 0 Å². The second-order valence-corrected chi connectivity index (χ2v) is 8.77. The molecule has 0 radical (unpaired) electrons. The fourth-order valence-corrected chi connectivity index (χ4v) is 4.12. The quantitative estimate of drug-likeness (QED) is 0.349. The van der Waals surface area contributed by atoms with Crippen molar-refractivity contribution in [2.24, 2.45) is 7.05 Å². The van der Waals surface area contributed by atoms with Gasteiger partial charge in [-0.1, -0.05) is 35.8 Å². The lowest BCUT2D eigenvalue weighted by Crippen LogP contribution is -2.49. The third-order valence-corrected chi connectivity index (χ3v) is 6.20. The number of esters is 1. The van der Waals surface area contributed by atoms with E-state index in [1.165, 1.54) is 4.90 Å². The molecule has 1 atom stereocenters. The number of ether oxygens (including phenoxy) is 1. The zero-order valence-corrected chi connectivity index (χ0v) is 20.9. The summed E-state index contributed by atoms with van der Waals surface area (Å²) >= 11 is 6.11. The molecular formula is C24H28ClN6O4+. The van der Waals surface area contributed by atoms with Gasteiger partial charge in [0.25, 0.3) is 0 Å². The molecule has 1 unspecified atom stereocenters. The highest BCUT2D eigenvalue weighted by molar-refractivity contribution is 6.30. The Balaban J connectivity index is 1.66.